The summed E-state index contributed by atoms with van der Waals surface area (Å²) in [5, 5.41) is 7.65. The summed E-state index contributed by atoms with van der Waals surface area (Å²) in [7, 11) is 0. The number of rotatable bonds is 5. The number of amides is 1. The van der Waals surface area contributed by atoms with Crippen molar-refractivity contribution < 1.29 is 4.79 Å². The summed E-state index contributed by atoms with van der Waals surface area (Å²) in [6, 6.07) is 9.83. The van der Waals surface area contributed by atoms with Crippen molar-refractivity contribution in [3.05, 3.63) is 45.9 Å². The van der Waals surface area contributed by atoms with Crippen LogP contribution in [0.5, 0.6) is 0 Å². The second-order valence-electron chi connectivity index (χ2n) is 6.33. The molecule has 2 N–H and O–H groups in total. The summed E-state index contributed by atoms with van der Waals surface area (Å²) in [6.07, 6.45) is 0.467. The van der Waals surface area contributed by atoms with Crippen LogP contribution in [0.4, 0.5) is 5.69 Å². The van der Waals surface area contributed by atoms with Crippen LogP contribution in [0.25, 0.3) is 0 Å². The van der Waals surface area contributed by atoms with E-state index in [1.165, 1.54) is 4.88 Å². The second-order valence-corrected chi connectivity index (χ2v) is 7.62. The molecule has 1 saturated heterocycles. The van der Waals surface area contributed by atoms with Gasteiger partial charge in [-0.3, -0.25) is 4.79 Å². The predicted molar refractivity (Wildman–Crippen MR) is 122 cm³/mol. The molecule has 0 saturated carbocycles. The Morgan fingerprint density at radius 2 is 2.07 bits per heavy atom. The van der Waals surface area contributed by atoms with Crippen LogP contribution in [0.15, 0.2) is 35.3 Å². The van der Waals surface area contributed by atoms with E-state index in [-0.39, 0.29) is 35.9 Å². The molecule has 1 aromatic heterocycles. The van der Waals surface area contributed by atoms with Gasteiger partial charge in [-0.2, -0.15) is 0 Å². The van der Waals surface area contributed by atoms with Gasteiger partial charge in [-0.15, -0.1) is 35.3 Å². The maximum absolute atomic E-state index is 12.4. The van der Waals surface area contributed by atoms with Crippen molar-refractivity contribution in [1.82, 2.24) is 15.6 Å². The van der Waals surface area contributed by atoms with Gasteiger partial charge >= 0.3 is 0 Å². The molecule has 2 aromatic rings. The highest BCUT2D eigenvalue weighted by Gasteiger charge is 2.31. The van der Waals surface area contributed by atoms with E-state index in [0.29, 0.717) is 19.5 Å². The van der Waals surface area contributed by atoms with Crippen LogP contribution < -0.4 is 15.5 Å². The third kappa shape index (κ3) is 5.65. The van der Waals surface area contributed by atoms with Gasteiger partial charge in [0.1, 0.15) is 5.01 Å². The smallest absolute Gasteiger partial charge is 0.229 e. The lowest BCUT2D eigenvalue weighted by Crippen LogP contribution is -2.44. The normalized spacial score (nSPS) is 17.0. The van der Waals surface area contributed by atoms with E-state index < -0.39 is 0 Å². The van der Waals surface area contributed by atoms with Gasteiger partial charge in [0.25, 0.3) is 0 Å². The maximum atomic E-state index is 12.4. The summed E-state index contributed by atoms with van der Waals surface area (Å²) in [5.74, 6) is 0.862. The fourth-order valence-corrected chi connectivity index (χ4v) is 3.79. The van der Waals surface area contributed by atoms with Gasteiger partial charge in [0, 0.05) is 30.1 Å². The lowest BCUT2D eigenvalue weighted by molar-refractivity contribution is -0.117. The average Bonchev–Trinajstić information content (AvgIpc) is 3.15. The number of benzene rings is 1. The maximum Gasteiger partial charge on any atom is 0.229 e. The van der Waals surface area contributed by atoms with Gasteiger partial charge < -0.3 is 15.5 Å². The molecule has 1 atom stereocenters. The fourth-order valence-electron chi connectivity index (χ4n) is 2.93. The van der Waals surface area contributed by atoms with E-state index >= 15 is 0 Å². The quantitative estimate of drug-likeness (QED) is 0.377. The Morgan fingerprint density at radius 1 is 1.33 bits per heavy atom. The minimum Gasteiger partial charge on any atom is -0.357 e. The van der Waals surface area contributed by atoms with Crippen molar-refractivity contribution >= 4 is 52.9 Å². The molecule has 3 rings (SSSR count). The van der Waals surface area contributed by atoms with Crippen molar-refractivity contribution in [3.8, 4) is 0 Å². The molecule has 0 aliphatic carbocycles. The van der Waals surface area contributed by atoms with Crippen molar-refractivity contribution in [2.75, 3.05) is 18.0 Å². The zero-order valence-corrected chi connectivity index (χ0v) is 19.0. The number of hydrogen-bond acceptors (Lipinski definition) is 4. The number of anilines is 1. The van der Waals surface area contributed by atoms with E-state index in [2.05, 4.69) is 27.5 Å². The van der Waals surface area contributed by atoms with Gasteiger partial charge in [-0.1, -0.05) is 18.2 Å². The molecule has 8 heteroatoms. The number of aliphatic imine (C=N–C) groups is 1. The molecule has 1 aliphatic rings. The molecule has 27 heavy (non-hydrogen) atoms. The van der Waals surface area contributed by atoms with Gasteiger partial charge in [0.15, 0.2) is 5.96 Å². The Balaban J connectivity index is 0.00000261. The second kappa shape index (κ2) is 10.0. The lowest BCUT2D eigenvalue weighted by atomic mass is 10.2. The van der Waals surface area contributed by atoms with Crippen LogP contribution in [-0.2, 0) is 11.3 Å². The fraction of sp³-hybridized carbons (Fsp3) is 0.421. The number of nitrogens with one attached hydrogen (secondary N) is 2. The summed E-state index contributed by atoms with van der Waals surface area (Å²) < 4.78 is 0. The van der Waals surface area contributed by atoms with E-state index in [1.807, 2.05) is 49.1 Å². The average molecular weight is 499 g/mol. The molecular weight excluding hydrogens is 473 g/mol. The van der Waals surface area contributed by atoms with Gasteiger partial charge in [-0.05, 0) is 32.9 Å². The first-order valence-corrected chi connectivity index (χ1v) is 9.71. The molecule has 1 fully saturated rings. The van der Waals surface area contributed by atoms with Crippen LogP contribution in [0.1, 0.15) is 28.9 Å². The van der Waals surface area contributed by atoms with Crippen LogP contribution >= 0.6 is 35.3 Å². The highest BCUT2D eigenvalue weighted by Crippen LogP contribution is 2.21. The zero-order chi connectivity index (χ0) is 18.5. The molecule has 0 radical (unpaired) electrons. The highest BCUT2D eigenvalue weighted by molar-refractivity contribution is 14.0. The molecule has 1 aromatic carbocycles. The van der Waals surface area contributed by atoms with E-state index in [0.717, 1.165) is 28.9 Å². The third-order valence-corrected chi connectivity index (χ3v) is 5.38. The van der Waals surface area contributed by atoms with Crippen LogP contribution in [-0.4, -0.2) is 36.0 Å². The van der Waals surface area contributed by atoms with Crippen molar-refractivity contribution in [3.63, 3.8) is 0 Å². The molecule has 1 amide bonds. The van der Waals surface area contributed by atoms with Crippen molar-refractivity contribution in [1.29, 1.82) is 0 Å². The molecule has 1 unspecified atom stereocenters. The molecule has 146 valence electrons. The zero-order valence-electron chi connectivity index (χ0n) is 15.9. The number of aromatic nitrogens is 1. The minimum absolute atomic E-state index is 0. The molecule has 0 spiro atoms. The van der Waals surface area contributed by atoms with Crippen LogP contribution in [0.2, 0.25) is 0 Å². The Labute approximate surface area is 181 Å². The summed E-state index contributed by atoms with van der Waals surface area (Å²) in [6.45, 7) is 8.08. The third-order valence-electron chi connectivity index (χ3n) is 4.32. The predicted octanol–water partition coefficient (Wildman–Crippen LogP) is 3.24. The van der Waals surface area contributed by atoms with E-state index in [9.17, 15) is 4.79 Å². The molecule has 1 aliphatic heterocycles. The number of para-hydroxylation sites is 1. The number of carbonyl (C=O) groups is 1. The number of guanidine groups is 1. The molecule has 6 nitrogen and oxygen atoms in total. The van der Waals surface area contributed by atoms with Gasteiger partial charge in [0.05, 0.1) is 18.3 Å². The standard InChI is InChI=1S/C19H25N5OS.HI/c1-4-20-19(21-11-17-22-13(2)14(3)26-17)23-15-10-18(25)24(12-15)16-8-6-5-7-9-16;/h5-9,15H,4,10-12H2,1-3H3,(H2,20,21,23);1H. The Hall–Kier alpha value is -1.68. The Morgan fingerprint density at radius 3 is 2.70 bits per heavy atom. The summed E-state index contributed by atoms with van der Waals surface area (Å²) >= 11 is 1.68. The molecule has 0 bridgehead atoms. The van der Waals surface area contributed by atoms with Crippen molar-refractivity contribution in [2.24, 2.45) is 4.99 Å². The summed E-state index contributed by atoms with van der Waals surface area (Å²) in [4.78, 5) is 24.6. The highest BCUT2D eigenvalue weighted by atomic mass is 127. The Bertz CT molecular complexity index is 773. The number of hydrogen-bond donors (Lipinski definition) is 2. The first-order valence-electron chi connectivity index (χ1n) is 8.90. The number of aryl methyl sites for hydroxylation is 2. The first kappa shape index (κ1) is 21.6. The van der Waals surface area contributed by atoms with Crippen LogP contribution in [0, 0.1) is 13.8 Å². The number of halogens is 1. The number of nitrogens with zero attached hydrogens (tertiary/aromatic N) is 3. The van der Waals surface area contributed by atoms with Crippen LogP contribution in [0.3, 0.4) is 0 Å². The molecule has 2 heterocycles. The topological polar surface area (TPSA) is 69.6 Å². The SMILES string of the molecule is CCNC(=NCc1nc(C)c(C)s1)NC1CC(=O)N(c2ccccc2)C1.I. The molecular formula is C19H26IN5OS. The number of carbonyl (C=O) groups excluding carboxylic acids is 1. The lowest BCUT2D eigenvalue weighted by Gasteiger charge is -2.18. The number of thiazole rings is 1. The minimum atomic E-state index is 0. The van der Waals surface area contributed by atoms with E-state index in [4.69, 9.17) is 0 Å². The Kier molecular flexibility index (Phi) is 8.03. The van der Waals surface area contributed by atoms with Crippen molar-refractivity contribution in [2.45, 2.75) is 39.8 Å². The van der Waals surface area contributed by atoms with Gasteiger partial charge in [0.2, 0.25) is 5.91 Å². The van der Waals surface area contributed by atoms with E-state index in [1.54, 1.807) is 11.3 Å². The monoisotopic (exact) mass is 499 g/mol. The largest absolute Gasteiger partial charge is 0.357 e. The van der Waals surface area contributed by atoms with Gasteiger partial charge in [-0.25, -0.2) is 9.98 Å². The first-order chi connectivity index (χ1) is 12.6. The summed E-state index contributed by atoms with van der Waals surface area (Å²) in [5.41, 5.74) is 2.01.